The number of ether oxygens (including phenoxy) is 2. The van der Waals surface area contributed by atoms with Gasteiger partial charge in [-0.25, -0.2) is 0 Å². The van der Waals surface area contributed by atoms with Crippen LogP contribution in [-0.4, -0.2) is 42.2 Å². The summed E-state index contributed by atoms with van der Waals surface area (Å²) >= 11 is 10.2. The Kier molecular flexibility index (Phi) is 7.64. The fraction of sp³-hybridized carbons (Fsp3) is 0.190. The maximum absolute atomic E-state index is 12.7. The molecule has 10 heteroatoms. The number of carbonyl (C=O) groups excluding carboxylic acids is 3. The number of para-hydroxylation sites is 1. The van der Waals surface area contributed by atoms with E-state index in [0.717, 1.165) is 16.7 Å². The summed E-state index contributed by atoms with van der Waals surface area (Å²) in [4.78, 5) is 38.5. The van der Waals surface area contributed by atoms with Crippen LogP contribution in [0.15, 0.2) is 45.8 Å². The molecule has 1 aliphatic heterocycles. The lowest BCUT2D eigenvalue weighted by atomic mass is 10.2. The van der Waals surface area contributed by atoms with E-state index in [0.29, 0.717) is 38.9 Å². The molecule has 2 aromatic rings. The predicted molar refractivity (Wildman–Crippen MR) is 125 cm³/mol. The van der Waals surface area contributed by atoms with Gasteiger partial charge in [-0.05, 0) is 70.5 Å². The zero-order valence-corrected chi connectivity index (χ0v) is 19.8. The third-order valence-corrected chi connectivity index (χ3v) is 5.99. The molecular weight excluding hydrogens is 508 g/mol. The fourth-order valence-corrected chi connectivity index (χ4v) is 4.39. The highest BCUT2D eigenvalue weighted by atomic mass is 79.9. The molecule has 7 nitrogen and oxygen atoms in total. The smallest absolute Gasteiger partial charge is 0.294 e. The van der Waals surface area contributed by atoms with Crippen LogP contribution in [0.4, 0.5) is 10.5 Å². The first-order valence-corrected chi connectivity index (χ1v) is 11.1. The Balaban J connectivity index is 1.77. The van der Waals surface area contributed by atoms with Gasteiger partial charge in [0.1, 0.15) is 6.54 Å². The normalized spacial score (nSPS) is 14.8. The molecule has 162 valence electrons. The fourth-order valence-electron chi connectivity index (χ4n) is 2.79. The second kappa shape index (κ2) is 10.2. The van der Waals surface area contributed by atoms with Crippen molar-refractivity contribution in [3.63, 3.8) is 0 Å². The van der Waals surface area contributed by atoms with Crippen molar-refractivity contribution in [2.75, 3.05) is 25.6 Å². The van der Waals surface area contributed by atoms with E-state index in [1.54, 1.807) is 42.5 Å². The Bertz CT molecular complexity index is 1080. The van der Waals surface area contributed by atoms with Crippen LogP contribution in [0.2, 0.25) is 5.02 Å². The minimum atomic E-state index is -0.548. The van der Waals surface area contributed by atoms with Crippen molar-refractivity contribution < 1.29 is 23.9 Å². The quantitative estimate of drug-likeness (QED) is 0.501. The second-order valence-corrected chi connectivity index (χ2v) is 8.52. The minimum absolute atomic E-state index is 0.202. The van der Waals surface area contributed by atoms with Crippen LogP contribution in [-0.2, 0) is 9.59 Å². The van der Waals surface area contributed by atoms with E-state index in [2.05, 4.69) is 21.2 Å². The zero-order valence-electron chi connectivity index (χ0n) is 16.6. The van der Waals surface area contributed by atoms with Gasteiger partial charge in [-0.3, -0.25) is 19.3 Å². The van der Waals surface area contributed by atoms with Gasteiger partial charge in [0.15, 0.2) is 11.5 Å². The summed E-state index contributed by atoms with van der Waals surface area (Å²) in [5, 5.41) is 2.44. The highest BCUT2D eigenvalue weighted by molar-refractivity contribution is 9.10. The molecule has 1 N–H and O–H groups in total. The van der Waals surface area contributed by atoms with Gasteiger partial charge in [0, 0.05) is 0 Å². The van der Waals surface area contributed by atoms with E-state index in [-0.39, 0.29) is 4.91 Å². The van der Waals surface area contributed by atoms with Crippen molar-refractivity contribution in [2.45, 2.75) is 6.92 Å². The number of rotatable bonds is 7. The summed E-state index contributed by atoms with van der Waals surface area (Å²) in [6.07, 6.45) is 1.57. The average molecular weight is 526 g/mol. The number of halogens is 2. The van der Waals surface area contributed by atoms with E-state index in [1.807, 2.05) is 6.92 Å². The van der Waals surface area contributed by atoms with E-state index in [4.69, 9.17) is 21.1 Å². The maximum atomic E-state index is 12.7. The number of nitrogens with zero attached hydrogens (tertiary/aromatic N) is 1. The van der Waals surface area contributed by atoms with E-state index in [9.17, 15) is 14.4 Å². The van der Waals surface area contributed by atoms with Gasteiger partial charge in [0.2, 0.25) is 5.91 Å². The lowest BCUT2D eigenvalue weighted by Crippen LogP contribution is -2.36. The summed E-state index contributed by atoms with van der Waals surface area (Å²) in [6.45, 7) is 1.91. The van der Waals surface area contributed by atoms with Crippen LogP contribution < -0.4 is 14.8 Å². The van der Waals surface area contributed by atoms with Gasteiger partial charge in [-0.1, -0.05) is 23.7 Å². The number of hydrogen-bond acceptors (Lipinski definition) is 6. The van der Waals surface area contributed by atoms with Crippen LogP contribution in [0.3, 0.4) is 0 Å². The number of anilines is 1. The van der Waals surface area contributed by atoms with Crippen LogP contribution in [0.5, 0.6) is 11.5 Å². The molecule has 1 saturated heterocycles. The average Bonchev–Trinajstić information content (AvgIpc) is 2.98. The van der Waals surface area contributed by atoms with Gasteiger partial charge in [0.05, 0.1) is 33.8 Å². The molecule has 0 radical (unpaired) electrons. The molecule has 3 amide bonds. The SMILES string of the molecule is CCOc1c(Br)cc(/C=C2/SC(=O)N(CC(=O)Nc3ccccc3Cl)C2=O)cc1OC. The summed E-state index contributed by atoms with van der Waals surface area (Å²) in [5.74, 6) is -0.0391. The zero-order chi connectivity index (χ0) is 22.5. The Hall–Kier alpha value is -2.49. The molecule has 0 atom stereocenters. The molecule has 0 unspecified atom stereocenters. The van der Waals surface area contributed by atoms with Crippen molar-refractivity contribution in [2.24, 2.45) is 0 Å². The Morgan fingerprint density at radius 3 is 2.71 bits per heavy atom. The minimum Gasteiger partial charge on any atom is -0.493 e. The van der Waals surface area contributed by atoms with Gasteiger partial charge in [0.25, 0.3) is 11.1 Å². The number of benzene rings is 2. The molecule has 0 aliphatic carbocycles. The summed E-state index contributed by atoms with van der Waals surface area (Å²) in [6, 6.07) is 10.2. The largest absolute Gasteiger partial charge is 0.493 e. The predicted octanol–water partition coefficient (Wildman–Crippen LogP) is 5.18. The molecule has 31 heavy (non-hydrogen) atoms. The highest BCUT2D eigenvalue weighted by Crippen LogP contribution is 2.39. The second-order valence-electron chi connectivity index (χ2n) is 6.26. The first kappa shape index (κ1) is 23.2. The van der Waals surface area contributed by atoms with Crippen LogP contribution in [0, 0.1) is 0 Å². The standard InChI is InChI=1S/C21H18BrClN2O5S/c1-3-30-19-13(22)8-12(9-16(19)29-2)10-17-20(27)25(21(28)31-17)11-18(26)24-15-7-5-4-6-14(15)23/h4-10H,3,11H2,1-2H3,(H,24,26)/b17-10+. The molecule has 0 saturated carbocycles. The Labute approximate surface area is 196 Å². The summed E-state index contributed by atoms with van der Waals surface area (Å²) in [7, 11) is 1.51. The van der Waals surface area contributed by atoms with Gasteiger partial charge in [-0.2, -0.15) is 0 Å². The first-order valence-electron chi connectivity index (χ1n) is 9.14. The summed E-state index contributed by atoms with van der Waals surface area (Å²) in [5.41, 5.74) is 1.04. The highest BCUT2D eigenvalue weighted by Gasteiger charge is 2.36. The van der Waals surface area contributed by atoms with E-state index in [1.165, 1.54) is 7.11 Å². The van der Waals surface area contributed by atoms with Gasteiger partial charge < -0.3 is 14.8 Å². The molecule has 2 aromatic carbocycles. The summed E-state index contributed by atoms with van der Waals surface area (Å²) < 4.78 is 11.6. The number of thioether (sulfide) groups is 1. The third-order valence-electron chi connectivity index (χ3n) is 4.16. The van der Waals surface area contributed by atoms with Crippen molar-refractivity contribution in [1.29, 1.82) is 0 Å². The van der Waals surface area contributed by atoms with Gasteiger partial charge >= 0.3 is 0 Å². The molecule has 1 fully saturated rings. The molecule has 0 aromatic heterocycles. The number of imide groups is 1. The molecule has 1 heterocycles. The maximum Gasteiger partial charge on any atom is 0.294 e. The topological polar surface area (TPSA) is 84.9 Å². The third kappa shape index (κ3) is 5.41. The van der Waals surface area contributed by atoms with Crippen molar-refractivity contribution >= 4 is 68.1 Å². The molecule has 0 bridgehead atoms. The Morgan fingerprint density at radius 2 is 2.03 bits per heavy atom. The monoisotopic (exact) mass is 524 g/mol. The number of nitrogens with one attached hydrogen (secondary N) is 1. The first-order chi connectivity index (χ1) is 14.8. The van der Waals surface area contributed by atoms with Gasteiger partial charge in [-0.15, -0.1) is 0 Å². The van der Waals surface area contributed by atoms with Crippen LogP contribution >= 0.6 is 39.3 Å². The van der Waals surface area contributed by atoms with Crippen molar-refractivity contribution in [1.82, 2.24) is 4.90 Å². The van der Waals surface area contributed by atoms with E-state index >= 15 is 0 Å². The molecule has 1 aliphatic rings. The van der Waals surface area contributed by atoms with Crippen molar-refractivity contribution in [3.05, 3.63) is 56.4 Å². The molecule has 0 spiro atoms. The molecule has 3 rings (SSSR count). The number of hydrogen-bond donors (Lipinski definition) is 1. The lowest BCUT2D eigenvalue weighted by molar-refractivity contribution is -0.127. The van der Waals surface area contributed by atoms with Crippen LogP contribution in [0.25, 0.3) is 6.08 Å². The number of amides is 3. The number of methoxy groups -OCH3 is 1. The van der Waals surface area contributed by atoms with Crippen LogP contribution in [0.1, 0.15) is 12.5 Å². The Morgan fingerprint density at radius 1 is 1.29 bits per heavy atom. The van der Waals surface area contributed by atoms with Crippen molar-refractivity contribution in [3.8, 4) is 11.5 Å². The lowest BCUT2D eigenvalue weighted by Gasteiger charge is -2.13. The van der Waals surface area contributed by atoms with E-state index < -0.39 is 23.6 Å². The number of carbonyl (C=O) groups is 3. The molecular formula is C21H18BrClN2O5S.